The monoisotopic (exact) mass is 313 g/mol. The van der Waals surface area contributed by atoms with Crippen molar-refractivity contribution in [3.8, 4) is 5.75 Å². The number of hydrogen-bond donors (Lipinski definition) is 1. The maximum atomic E-state index is 9.86. The van der Waals surface area contributed by atoms with E-state index in [0.29, 0.717) is 0 Å². The summed E-state index contributed by atoms with van der Waals surface area (Å²) in [5.41, 5.74) is 6.34. The zero-order valence-corrected chi connectivity index (χ0v) is 14.8. The summed E-state index contributed by atoms with van der Waals surface area (Å²) in [4.78, 5) is 2.20. The number of likely N-dealkylation sites (N-methyl/N-ethyl adjacent to an activating group) is 1. The van der Waals surface area contributed by atoms with Crippen LogP contribution in [0.1, 0.15) is 33.9 Å². The first-order chi connectivity index (χ1) is 11.0. The minimum absolute atomic E-state index is 0.0268. The Labute approximate surface area is 139 Å². The maximum Gasteiger partial charge on any atom is 0.118 e. The molecule has 124 valence electrons. The predicted molar refractivity (Wildman–Crippen MR) is 94.9 cm³/mol. The molecule has 0 saturated carbocycles. The molecule has 1 N–H and O–H groups in total. The lowest BCUT2D eigenvalue weighted by Gasteiger charge is -2.28. The molecule has 0 aromatic heterocycles. The van der Waals surface area contributed by atoms with Crippen LogP contribution in [0.3, 0.4) is 0 Å². The summed E-state index contributed by atoms with van der Waals surface area (Å²) in [7, 11) is 3.72. The highest BCUT2D eigenvalue weighted by Crippen LogP contribution is 2.25. The molecule has 0 radical (unpaired) electrons. The van der Waals surface area contributed by atoms with Gasteiger partial charge in [0.25, 0.3) is 0 Å². The van der Waals surface area contributed by atoms with Crippen molar-refractivity contribution in [2.75, 3.05) is 20.8 Å². The molecule has 0 bridgehead atoms. The Morgan fingerprint density at radius 1 is 1.04 bits per heavy atom. The van der Waals surface area contributed by atoms with Crippen LogP contribution in [0.4, 0.5) is 0 Å². The summed E-state index contributed by atoms with van der Waals surface area (Å²) >= 11 is 0. The number of rotatable bonds is 6. The van der Waals surface area contributed by atoms with Gasteiger partial charge in [-0.2, -0.15) is 0 Å². The third-order valence-electron chi connectivity index (χ3n) is 4.45. The van der Waals surface area contributed by atoms with Gasteiger partial charge >= 0.3 is 0 Å². The Morgan fingerprint density at radius 3 is 2.09 bits per heavy atom. The van der Waals surface area contributed by atoms with Crippen molar-refractivity contribution in [3.63, 3.8) is 0 Å². The lowest BCUT2D eigenvalue weighted by molar-refractivity contribution is 0.142. The van der Waals surface area contributed by atoms with E-state index in [-0.39, 0.29) is 12.6 Å². The van der Waals surface area contributed by atoms with E-state index in [1.165, 1.54) is 22.3 Å². The second kappa shape index (κ2) is 7.62. The van der Waals surface area contributed by atoms with Crippen LogP contribution < -0.4 is 4.74 Å². The minimum Gasteiger partial charge on any atom is -0.497 e. The second-order valence-electron chi connectivity index (χ2n) is 6.26. The van der Waals surface area contributed by atoms with Crippen molar-refractivity contribution < 1.29 is 9.84 Å². The third-order valence-corrected chi connectivity index (χ3v) is 4.45. The second-order valence-corrected chi connectivity index (χ2v) is 6.26. The fourth-order valence-corrected chi connectivity index (χ4v) is 3.14. The Bertz CT molecular complexity index is 626. The number of ether oxygens (including phenoxy) is 1. The van der Waals surface area contributed by atoms with Crippen LogP contribution in [0.5, 0.6) is 5.75 Å². The van der Waals surface area contributed by atoms with Gasteiger partial charge in [-0.25, -0.2) is 0 Å². The highest BCUT2D eigenvalue weighted by atomic mass is 16.5. The van der Waals surface area contributed by atoms with Crippen molar-refractivity contribution in [1.29, 1.82) is 0 Å². The number of methoxy groups -OCH3 is 1. The van der Waals surface area contributed by atoms with Gasteiger partial charge in [0.2, 0.25) is 0 Å². The van der Waals surface area contributed by atoms with Gasteiger partial charge in [0, 0.05) is 6.54 Å². The maximum absolute atomic E-state index is 9.86. The Kier molecular flexibility index (Phi) is 5.80. The molecular weight excluding hydrogens is 286 g/mol. The Morgan fingerprint density at radius 2 is 1.61 bits per heavy atom. The van der Waals surface area contributed by atoms with E-state index in [1.807, 2.05) is 24.3 Å². The molecule has 23 heavy (non-hydrogen) atoms. The predicted octanol–water partition coefficient (Wildman–Crippen LogP) is 3.79. The van der Waals surface area contributed by atoms with Gasteiger partial charge in [-0.05, 0) is 62.2 Å². The van der Waals surface area contributed by atoms with Crippen molar-refractivity contribution in [1.82, 2.24) is 4.90 Å². The number of hydrogen-bond acceptors (Lipinski definition) is 3. The van der Waals surface area contributed by atoms with E-state index >= 15 is 0 Å². The van der Waals surface area contributed by atoms with Gasteiger partial charge in [0.15, 0.2) is 0 Å². The van der Waals surface area contributed by atoms with Gasteiger partial charge in [-0.3, -0.25) is 4.90 Å². The lowest BCUT2D eigenvalue weighted by Crippen LogP contribution is -2.27. The quantitative estimate of drug-likeness (QED) is 0.881. The Hall–Kier alpha value is -1.84. The van der Waals surface area contributed by atoms with Crippen LogP contribution in [-0.4, -0.2) is 30.8 Å². The van der Waals surface area contributed by atoms with E-state index in [9.17, 15) is 5.11 Å². The van der Waals surface area contributed by atoms with E-state index in [2.05, 4.69) is 44.9 Å². The summed E-state index contributed by atoms with van der Waals surface area (Å²) < 4.78 is 5.21. The van der Waals surface area contributed by atoms with Crippen molar-refractivity contribution in [2.45, 2.75) is 33.4 Å². The number of aryl methyl sites for hydroxylation is 3. The Balaban J connectivity index is 2.21. The fraction of sp³-hybridized carbons (Fsp3) is 0.400. The minimum atomic E-state index is -0.0268. The third kappa shape index (κ3) is 4.12. The van der Waals surface area contributed by atoms with Gasteiger partial charge in [0.05, 0.1) is 19.8 Å². The number of aliphatic hydroxyl groups is 1. The van der Waals surface area contributed by atoms with Crippen LogP contribution in [-0.2, 0) is 6.54 Å². The molecular formula is C20H27NO2. The van der Waals surface area contributed by atoms with Crippen molar-refractivity contribution >= 4 is 0 Å². The molecule has 0 spiro atoms. The van der Waals surface area contributed by atoms with E-state index < -0.39 is 0 Å². The summed E-state index contributed by atoms with van der Waals surface area (Å²) in [5.74, 6) is 0.832. The van der Waals surface area contributed by atoms with Gasteiger partial charge < -0.3 is 9.84 Å². The number of nitrogens with zero attached hydrogens (tertiary/aromatic N) is 1. The molecule has 0 amide bonds. The van der Waals surface area contributed by atoms with Crippen LogP contribution in [0, 0.1) is 20.8 Å². The number of benzene rings is 2. The van der Waals surface area contributed by atoms with Crippen LogP contribution in [0.15, 0.2) is 36.4 Å². The summed E-state index contributed by atoms with van der Waals surface area (Å²) in [6, 6.07) is 12.3. The van der Waals surface area contributed by atoms with Crippen molar-refractivity contribution in [3.05, 3.63) is 64.2 Å². The molecule has 2 rings (SSSR count). The summed E-state index contributed by atoms with van der Waals surface area (Å²) in [6.45, 7) is 7.35. The molecule has 2 aromatic carbocycles. The summed E-state index contributed by atoms with van der Waals surface area (Å²) in [5, 5.41) is 9.86. The fourth-order valence-electron chi connectivity index (χ4n) is 3.14. The first-order valence-electron chi connectivity index (χ1n) is 7.98. The first kappa shape index (κ1) is 17.5. The highest BCUT2D eigenvalue weighted by Gasteiger charge is 2.18. The molecule has 0 aliphatic carbocycles. The highest BCUT2D eigenvalue weighted by molar-refractivity contribution is 5.37. The average molecular weight is 313 g/mol. The first-order valence-corrected chi connectivity index (χ1v) is 7.98. The normalized spacial score (nSPS) is 12.5. The van der Waals surface area contributed by atoms with Gasteiger partial charge in [0.1, 0.15) is 5.75 Å². The van der Waals surface area contributed by atoms with Crippen molar-refractivity contribution in [2.24, 2.45) is 0 Å². The molecule has 1 unspecified atom stereocenters. The van der Waals surface area contributed by atoms with Crippen LogP contribution in [0.25, 0.3) is 0 Å². The lowest BCUT2D eigenvalue weighted by atomic mass is 9.98. The zero-order valence-electron chi connectivity index (χ0n) is 14.8. The molecule has 1 atom stereocenters. The van der Waals surface area contributed by atoms with E-state index in [4.69, 9.17) is 4.74 Å². The van der Waals surface area contributed by atoms with E-state index in [0.717, 1.165) is 17.9 Å². The van der Waals surface area contributed by atoms with Gasteiger partial charge in [-0.15, -0.1) is 0 Å². The van der Waals surface area contributed by atoms with Gasteiger partial charge in [-0.1, -0.05) is 29.8 Å². The van der Waals surface area contributed by atoms with E-state index in [1.54, 1.807) is 7.11 Å². The molecule has 0 saturated heterocycles. The smallest absolute Gasteiger partial charge is 0.118 e. The SMILES string of the molecule is COc1ccc(C(CO)N(C)Cc2c(C)cc(C)cc2C)cc1. The molecule has 0 heterocycles. The topological polar surface area (TPSA) is 32.7 Å². The molecule has 2 aromatic rings. The average Bonchev–Trinajstić information content (AvgIpc) is 2.52. The van der Waals surface area contributed by atoms with Crippen LogP contribution >= 0.6 is 0 Å². The molecule has 3 heteroatoms. The number of aliphatic hydroxyl groups excluding tert-OH is 1. The standard InChI is InChI=1S/C20H27NO2/c1-14-10-15(2)19(16(3)11-14)12-21(4)20(13-22)17-6-8-18(23-5)9-7-17/h6-11,20,22H,12-13H2,1-5H3. The van der Waals surface area contributed by atoms with Crippen LogP contribution in [0.2, 0.25) is 0 Å². The summed E-state index contributed by atoms with van der Waals surface area (Å²) in [6.07, 6.45) is 0. The molecule has 0 aliphatic heterocycles. The zero-order chi connectivity index (χ0) is 17.0. The molecule has 0 fully saturated rings. The molecule has 3 nitrogen and oxygen atoms in total. The largest absolute Gasteiger partial charge is 0.497 e. The molecule has 0 aliphatic rings.